The lowest BCUT2D eigenvalue weighted by Gasteiger charge is -2.10. The molecule has 0 saturated carbocycles. The molecule has 0 aliphatic heterocycles. The Balaban J connectivity index is 1.96. The first kappa shape index (κ1) is 17.9. The fraction of sp³-hybridized carbons (Fsp3) is 0.211. The van der Waals surface area contributed by atoms with E-state index in [1.54, 1.807) is 10.9 Å². The van der Waals surface area contributed by atoms with Crippen molar-refractivity contribution in [1.82, 2.24) is 14.9 Å². The molecule has 0 aliphatic carbocycles. The normalized spacial score (nSPS) is 11.0. The van der Waals surface area contributed by atoms with Crippen LogP contribution >= 0.6 is 12.2 Å². The van der Waals surface area contributed by atoms with Crippen LogP contribution in [-0.4, -0.2) is 34.3 Å². The summed E-state index contributed by atoms with van der Waals surface area (Å²) in [4.78, 5) is 0. The van der Waals surface area contributed by atoms with Gasteiger partial charge in [-0.05, 0) is 38.2 Å². The number of benzene rings is 2. The molecule has 0 aliphatic rings. The number of hydrogen-bond donors (Lipinski definition) is 1. The summed E-state index contributed by atoms with van der Waals surface area (Å²) >= 11 is 5.31. The van der Waals surface area contributed by atoms with E-state index in [1.165, 1.54) is 0 Å². The van der Waals surface area contributed by atoms with Gasteiger partial charge < -0.3 is 9.47 Å². The molecule has 2 aromatic carbocycles. The largest absolute Gasteiger partial charge is 0.494 e. The fourth-order valence-corrected chi connectivity index (χ4v) is 2.63. The molecule has 1 N–H and O–H groups in total. The predicted molar refractivity (Wildman–Crippen MR) is 105 cm³/mol. The van der Waals surface area contributed by atoms with Gasteiger partial charge >= 0.3 is 0 Å². The highest BCUT2D eigenvalue weighted by atomic mass is 32.1. The molecule has 0 unspecified atom stereocenters. The molecule has 0 bridgehead atoms. The molecule has 0 fully saturated rings. The second kappa shape index (κ2) is 8.44. The van der Waals surface area contributed by atoms with E-state index in [0.717, 1.165) is 16.9 Å². The van der Waals surface area contributed by atoms with Crippen molar-refractivity contribution >= 4 is 18.4 Å². The first-order chi connectivity index (χ1) is 12.7. The summed E-state index contributed by atoms with van der Waals surface area (Å²) in [5, 5.41) is 11.6. The monoisotopic (exact) mass is 368 g/mol. The van der Waals surface area contributed by atoms with Gasteiger partial charge in [0.25, 0.3) is 0 Å². The van der Waals surface area contributed by atoms with Crippen LogP contribution in [0.25, 0.3) is 11.4 Å². The van der Waals surface area contributed by atoms with Crippen LogP contribution in [0.2, 0.25) is 0 Å². The number of nitrogens with zero attached hydrogens (tertiary/aromatic N) is 3. The third kappa shape index (κ3) is 4.00. The molecule has 1 heterocycles. The van der Waals surface area contributed by atoms with Crippen molar-refractivity contribution in [3.63, 3.8) is 0 Å². The average molecular weight is 368 g/mol. The van der Waals surface area contributed by atoms with E-state index in [1.807, 2.05) is 62.4 Å². The number of nitrogens with one attached hydrogen (secondary N) is 1. The zero-order chi connectivity index (χ0) is 18.4. The number of ether oxygens (including phenoxy) is 2. The number of aromatic nitrogens is 3. The Hall–Kier alpha value is -2.93. The molecule has 3 rings (SSSR count). The summed E-state index contributed by atoms with van der Waals surface area (Å²) in [6.45, 7) is 5.04. The summed E-state index contributed by atoms with van der Waals surface area (Å²) in [5.74, 6) is 2.12. The summed E-state index contributed by atoms with van der Waals surface area (Å²) in [7, 11) is 0. The van der Waals surface area contributed by atoms with Crippen LogP contribution in [-0.2, 0) is 0 Å². The standard InChI is InChI=1S/C19H20N4O2S/c1-3-24-16-11-10-15(17(12-16)25-4-2)13-20-23-18(21-22-19(23)26)14-8-6-5-7-9-14/h5-13H,3-4H2,1-2H3,(H,22,26). The van der Waals surface area contributed by atoms with Crippen molar-refractivity contribution in [2.24, 2.45) is 5.10 Å². The van der Waals surface area contributed by atoms with Gasteiger partial charge in [0.05, 0.1) is 19.4 Å². The van der Waals surface area contributed by atoms with Gasteiger partial charge in [-0.15, -0.1) is 0 Å². The maximum Gasteiger partial charge on any atom is 0.216 e. The molecular weight excluding hydrogens is 348 g/mol. The smallest absolute Gasteiger partial charge is 0.216 e. The summed E-state index contributed by atoms with van der Waals surface area (Å²) < 4.78 is 13.3. The van der Waals surface area contributed by atoms with Crippen LogP contribution in [0, 0.1) is 4.77 Å². The molecule has 0 atom stereocenters. The molecule has 134 valence electrons. The zero-order valence-corrected chi connectivity index (χ0v) is 15.5. The minimum Gasteiger partial charge on any atom is -0.494 e. The number of rotatable bonds is 7. The fourth-order valence-electron chi connectivity index (χ4n) is 2.45. The van der Waals surface area contributed by atoms with Crippen molar-refractivity contribution in [3.8, 4) is 22.9 Å². The van der Waals surface area contributed by atoms with Crippen molar-refractivity contribution < 1.29 is 9.47 Å². The van der Waals surface area contributed by atoms with Gasteiger partial charge in [0.15, 0.2) is 5.82 Å². The quantitative estimate of drug-likeness (QED) is 0.499. The summed E-state index contributed by atoms with van der Waals surface area (Å²) in [6, 6.07) is 15.4. The lowest BCUT2D eigenvalue weighted by Crippen LogP contribution is -2.00. The SMILES string of the molecule is CCOc1ccc(C=Nn2c(-c3ccccc3)n[nH]c2=S)c(OCC)c1. The van der Waals surface area contributed by atoms with Crippen molar-refractivity contribution in [2.45, 2.75) is 13.8 Å². The molecular formula is C19H20N4O2S. The predicted octanol–water partition coefficient (Wildman–Crippen LogP) is 4.29. The Labute approximate surface area is 157 Å². The van der Waals surface area contributed by atoms with Crippen LogP contribution in [0.1, 0.15) is 19.4 Å². The highest BCUT2D eigenvalue weighted by Gasteiger charge is 2.08. The highest BCUT2D eigenvalue weighted by molar-refractivity contribution is 7.71. The lowest BCUT2D eigenvalue weighted by atomic mass is 10.2. The van der Waals surface area contributed by atoms with Gasteiger partial charge in [0, 0.05) is 17.2 Å². The molecule has 1 aromatic heterocycles. The Morgan fingerprint density at radius 3 is 2.62 bits per heavy atom. The molecule has 6 nitrogen and oxygen atoms in total. The number of H-pyrrole nitrogens is 1. The summed E-state index contributed by atoms with van der Waals surface area (Å²) in [5.41, 5.74) is 1.76. The van der Waals surface area contributed by atoms with E-state index in [-0.39, 0.29) is 0 Å². The van der Waals surface area contributed by atoms with E-state index < -0.39 is 0 Å². The minimum absolute atomic E-state index is 0.420. The van der Waals surface area contributed by atoms with Crippen LogP contribution in [0.5, 0.6) is 11.5 Å². The maximum absolute atomic E-state index is 5.71. The van der Waals surface area contributed by atoms with Crippen LogP contribution in [0.4, 0.5) is 0 Å². The number of hydrogen-bond acceptors (Lipinski definition) is 5. The van der Waals surface area contributed by atoms with Gasteiger partial charge in [-0.25, -0.2) is 5.10 Å². The first-order valence-electron chi connectivity index (χ1n) is 8.39. The van der Waals surface area contributed by atoms with E-state index in [2.05, 4.69) is 15.3 Å². The van der Waals surface area contributed by atoms with Crippen molar-refractivity contribution in [2.75, 3.05) is 13.2 Å². The maximum atomic E-state index is 5.71. The van der Waals surface area contributed by atoms with Gasteiger partial charge in [0.1, 0.15) is 11.5 Å². The first-order valence-corrected chi connectivity index (χ1v) is 8.80. The van der Waals surface area contributed by atoms with Gasteiger partial charge in [-0.3, -0.25) is 0 Å². The molecule has 26 heavy (non-hydrogen) atoms. The van der Waals surface area contributed by atoms with Gasteiger partial charge in [-0.1, -0.05) is 30.3 Å². The van der Waals surface area contributed by atoms with E-state index in [4.69, 9.17) is 21.7 Å². The van der Waals surface area contributed by atoms with Crippen molar-refractivity contribution in [1.29, 1.82) is 0 Å². The molecule has 0 spiro atoms. The van der Waals surface area contributed by atoms with Crippen LogP contribution in [0.3, 0.4) is 0 Å². The Morgan fingerprint density at radius 2 is 1.88 bits per heavy atom. The highest BCUT2D eigenvalue weighted by Crippen LogP contribution is 2.24. The Kier molecular flexibility index (Phi) is 5.80. The lowest BCUT2D eigenvalue weighted by molar-refractivity contribution is 0.323. The minimum atomic E-state index is 0.420. The Morgan fingerprint density at radius 1 is 1.12 bits per heavy atom. The van der Waals surface area contributed by atoms with Gasteiger partial charge in [0.2, 0.25) is 4.77 Å². The molecule has 3 aromatic rings. The topological polar surface area (TPSA) is 64.4 Å². The number of aromatic amines is 1. The molecule has 0 amide bonds. The van der Waals surface area contributed by atoms with Crippen molar-refractivity contribution in [3.05, 3.63) is 58.9 Å². The third-order valence-electron chi connectivity index (χ3n) is 3.59. The van der Waals surface area contributed by atoms with Gasteiger partial charge in [-0.2, -0.15) is 14.9 Å². The van der Waals surface area contributed by atoms with E-state index in [9.17, 15) is 0 Å². The zero-order valence-electron chi connectivity index (χ0n) is 14.7. The molecule has 7 heteroatoms. The third-order valence-corrected chi connectivity index (χ3v) is 3.85. The van der Waals surface area contributed by atoms with Crippen LogP contribution < -0.4 is 9.47 Å². The second-order valence-corrected chi connectivity index (χ2v) is 5.73. The molecule has 0 radical (unpaired) electrons. The second-order valence-electron chi connectivity index (χ2n) is 5.34. The Bertz CT molecular complexity index is 948. The summed E-state index contributed by atoms with van der Waals surface area (Å²) in [6.07, 6.45) is 1.71. The van der Waals surface area contributed by atoms with E-state index >= 15 is 0 Å². The molecule has 0 saturated heterocycles. The van der Waals surface area contributed by atoms with E-state index in [0.29, 0.717) is 29.6 Å². The average Bonchev–Trinajstić information content (AvgIpc) is 3.03. The van der Waals surface area contributed by atoms with Crippen LogP contribution in [0.15, 0.2) is 53.6 Å².